The minimum absolute atomic E-state index is 0.0588. The molecule has 1 fully saturated rings. The molecule has 0 aromatic heterocycles. The zero-order valence-corrected chi connectivity index (χ0v) is 15.9. The topological polar surface area (TPSA) is 83.7 Å². The number of nitrogens with two attached hydrogens (primary N) is 1. The van der Waals surface area contributed by atoms with Gasteiger partial charge in [0, 0.05) is 42.5 Å². The molecule has 0 saturated carbocycles. The summed E-state index contributed by atoms with van der Waals surface area (Å²) in [6, 6.07) is 11.6. The summed E-state index contributed by atoms with van der Waals surface area (Å²) in [5, 5.41) is 5.83. The summed E-state index contributed by atoms with van der Waals surface area (Å²) >= 11 is 6.10. The smallest absolute Gasteiger partial charge is 0.254 e. The molecule has 0 aliphatic carbocycles. The quantitative estimate of drug-likeness (QED) is 0.866. The van der Waals surface area contributed by atoms with E-state index in [9.17, 15) is 13.2 Å². The Bertz CT molecular complexity index is 938. The molecule has 0 bridgehead atoms. The molecule has 26 heavy (non-hydrogen) atoms. The van der Waals surface area contributed by atoms with Gasteiger partial charge in [-0.2, -0.15) is 0 Å². The Kier molecular flexibility index (Phi) is 5.22. The van der Waals surface area contributed by atoms with E-state index >= 15 is 0 Å². The number of rotatable bonds is 3. The van der Waals surface area contributed by atoms with E-state index in [0.29, 0.717) is 36.8 Å². The molecule has 2 N–H and O–H groups in total. The van der Waals surface area contributed by atoms with Crippen LogP contribution in [0, 0.1) is 6.92 Å². The summed E-state index contributed by atoms with van der Waals surface area (Å²) in [6.07, 6.45) is 0. The van der Waals surface area contributed by atoms with E-state index in [1.54, 1.807) is 11.0 Å². The van der Waals surface area contributed by atoms with Crippen molar-refractivity contribution in [3.63, 3.8) is 0 Å². The van der Waals surface area contributed by atoms with Crippen LogP contribution in [0.1, 0.15) is 15.9 Å². The van der Waals surface area contributed by atoms with Gasteiger partial charge in [0.25, 0.3) is 5.91 Å². The maximum Gasteiger partial charge on any atom is 0.254 e. The minimum Gasteiger partial charge on any atom is -0.368 e. The number of carbonyl (C=O) groups is 1. The van der Waals surface area contributed by atoms with Gasteiger partial charge in [-0.1, -0.05) is 23.7 Å². The third-order valence-corrected chi connectivity index (χ3v) is 5.63. The number of amides is 1. The molecular weight excluding hydrogens is 374 g/mol. The summed E-state index contributed by atoms with van der Waals surface area (Å²) in [5.74, 6) is -0.196. The molecule has 8 heteroatoms. The van der Waals surface area contributed by atoms with Crippen LogP contribution in [-0.2, 0) is 10.0 Å². The SMILES string of the molecule is Cc1ccc(Cl)cc1N1CCN(C(=O)c2cccc(S(N)(=O)=O)c2)CC1. The van der Waals surface area contributed by atoms with E-state index in [2.05, 4.69) is 4.90 Å². The standard InChI is InChI=1S/C18H20ClN3O3S/c1-13-5-6-15(19)12-17(13)21-7-9-22(10-8-21)18(23)14-3-2-4-16(11-14)26(20,24)25/h2-6,11-12H,7-10H2,1H3,(H2,20,24,25). The number of hydrogen-bond acceptors (Lipinski definition) is 4. The molecule has 0 unspecified atom stereocenters. The Morgan fingerprint density at radius 3 is 2.42 bits per heavy atom. The lowest BCUT2D eigenvalue weighted by molar-refractivity contribution is 0.0746. The molecule has 138 valence electrons. The Morgan fingerprint density at radius 1 is 1.08 bits per heavy atom. The third kappa shape index (κ3) is 4.00. The highest BCUT2D eigenvalue weighted by Gasteiger charge is 2.24. The second-order valence-electron chi connectivity index (χ2n) is 6.28. The van der Waals surface area contributed by atoms with E-state index < -0.39 is 10.0 Å². The third-order valence-electron chi connectivity index (χ3n) is 4.49. The van der Waals surface area contributed by atoms with Gasteiger partial charge in [-0.15, -0.1) is 0 Å². The van der Waals surface area contributed by atoms with Gasteiger partial charge in [-0.3, -0.25) is 4.79 Å². The van der Waals surface area contributed by atoms with Gasteiger partial charge >= 0.3 is 0 Å². The first kappa shape index (κ1) is 18.7. The number of anilines is 1. The van der Waals surface area contributed by atoms with E-state index in [1.807, 2.05) is 25.1 Å². The van der Waals surface area contributed by atoms with Crippen LogP contribution in [0.5, 0.6) is 0 Å². The fourth-order valence-corrected chi connectivity index (χ4v) is 3.79. The Hall–Kier alpha value is -2.09. The zero-order chi connectivity index (χ0) is 18.9. The molecule has 2 aromatic rings. The monoisotopic (exact) mass is 393 g/mol. The number of benzene rings is 2. The summed E-state index contributed by atoms with van der Waals surface area (Å²) in [7, 11) is -3.83. The van der Waals surface area contributed by atoms with E-state index in [1.165, 1.54) is 18.2 Å². The second-order valence-corrected chi connectivity index (χ2v) is 8.28. The fraction of sp³-hybridized carbons (Fsp3) is 0.278. The van der Waals surface area contributed by atoms with Gasteiger partial charge in [0.05, 0.1) is 4.90 Å². The van der Waals surface area contributed by atoms with Crippen molar-refractivity contribution >= 4 is 33.2 Å². The Labute approximate surface area is 158 Å². The van der Waals surface area contributed by atoms with Crippen molar-refractivity contribution in [1.29, 1.82) is 0 Å². The van der Waals surface area contributed by atoms with Crippen molar-refractivity contribution < 1.29 is 13.2 Å². The molecule has 1 aliphatic heterocycles. The first-order chi connectivity index (χ1) is 12.3. The van der Waals surface area contributed by atoms with Gasteiger partial charge < -0.3 is 9.80 Å². The number of halogens is 1. The minimum atomic E-state index is -3.83. The second kappa shape index (κ2) is 7.26. The van der Waals surface area contributed by atoms with Gasteiger partial charge in [-0.05, 0) is 42.8 Å². The molecule has 0 spiro atoms. The number of nitrogens with zero attached hydrogens (tertiary/aromatic N) is 2. The first-order valence-corrected chi connectivity index (χ1v) is 10.1. The summed E-state index contributed by atoms with van der Waals surface area (Å²) < 4.78 is 23.0. The molecular formula is C18H20ClN3O3S. The van der Waals surface area contributed by atoms with Crippen molar-refractivity contribution in [2.24, 2.45) is 5.14 Å². The lowest BCUT2D eigenvalue weighted by Crippen LogP contribution is -2.49. The molecule has 6 nitrogen and oxygen atoms in total. The summed E-state index contributed by atoms with van der Waals surface area (Å²) in [6.45, 7) is 4.49. The van der Waals surface area contributed by atoms with Gasteiger partial charge in [-0.25, -0.2) is 13.6 Å². The zero-order valence-electron chi connectivity index (χ0n) is 14.4. The van der Waals surface area contributed by atoms with E-state index in [4.69, 9.17) is 16.7 Å². The molecule has 0 radical (unpaired) electrons. The Morgan fingerprint density at radius 2 is 1.77 bits per heavy atom. The van der Waals surface area contributed by atoms with Crippen LogP contribution in [0.3, 0.4) is 0 Å². The van der Waals surface area contributed by atoms with Crippen LogP contribution in [0.15, 0.2) is 47.4 Å². The van der Waals surface area contributed by atoms with Gasteiger partial charge in [0.15, 0.2) is 0 Å². The number of primary sulfonamides is 1. The van der Waals surface area contributed by atoms with Crippen molar-refractivity contribution in [2.45, 2.75) is 11.8 Å². The predicted molar refractivity (Wildman–Crippen MR) is 102 cm³/mol. The average Bonchev–Trinajstić information content (AvgIpc) is 2.63. The molecule has 1 aliphatic rings. The summed E-state index contributed by atoms with van der Waals surface area (Å²) in [5.41, 5.74) is 2.53. The highest BCUT2D eigenvalue weighted by atomic mass is 35.5. The largest absolute Gasteiger partial charge is 0.368 e. The lowest BCUT2D eigenvalue weighted by Gasteiger charge is -2.37. The van der Waals surface area contributed by atoms with Crippen LogP contribution in [0.2, 0.25) is 5.02 Å². The van der Waals surface area contributed by atoms with Crippen LogP contribution in [0.25, 0.3) is 0 Å². The highest BCUT2D eigenvalue weighted by molar-refractivity contribution is 7.89. The van der Waals surface area contributed by atoms with Crippen molar-refractivity contribution in [3.8, 4) is 0 Å². The number of hydrogen-bond donors (Lipinski definition) is 1. The van der Waals surface area contributed by atoms with Crippen molar-refractivity contribution in [3.05, 3.63) is 58.6 Å². The van der Waals surface area contributed by atoms with Crippen LogP contribution < -0.4 is 10.0 Å². The highest BCUT2D eigenvalue weighted by Crippen LogP contribution is 2.25. The van der Waals surface area contributed by atoms with E-state index in [-0.39, 0.29) is 10.8 Å². The van der Waals surface area contributed by atoms with E-state index in [0.717, 1.165) is 11.3 Å². The van der Waals surface area contributed by atoms with Crippen molar-refractivity contribution in [2.75, 3.05) is 31.1 Å². The number of piperazine rings is 1. The van der Waals surface area contributed by atoms with Crippen LogP contribution >= 0.6 is 11.6 Å². The maximum absolute atomic E-state index is 12.7. The van der Waals surface area contributed by atoms with Crippen molar-refractivity contribution in [1.82, 2.24) is 4.90 Å². The van der Waals surface area contributed by atoms with Gasteiger partial charge in [0.2, 0.25) is 10.0 Å². The number of sulfonamides is 1. The van der Waals surface area contributed by atoms with Gasteiger partial charge in [0.1, 0.15) is 0 Å². The molecule has 3 rings (SSSR count). The normalized spacial score (nSPS) is 15.2. The molecule has 1 amide bonds. The molecule has 2 aromatic carbocycles. The average molecular weight is 394 g/mol. The summed E-state index contributed by atoms with van der Waals surface area (Å²) in [4.78, 5) is 16.6. The molecule has 1 heterocycles. The predicted octanol–water partition coefficient (Wildman–Crippen LogP) is 2.26. The Balaban J connectivity index is 1.72. The number of aryl methyl sites for hydroxylation is 1. The lowest BCUT2D eigenvalue weighted by atomic mass is 10.1. The number of carbonyl (C=O) groups excluding carboxylic acids is 1. The molecule has 0 atom stereocenters. The molecule has 1 saturated heterocycles. The van der Waals surface area contributed by atoms with Crippen LogP contribution in [0.4, 0.5) is 5.69 Å². The maximum atomic E-state index is 12.7. The van der Waals surface area contributed by atoms with Crippen LogP contribution in [-0.4, -0.2) is 45.4 Å². The first-order valence-electron chi connectivity index (χ1n) is 8.19. The fourth-order valence-electron chi connectivity index (χ4n) is 3.06.